The Morgan fingerprint density at radius 3 is 2.84 bits per heavy atom. The molecule has 19 heavy (non-hydrogen) atoms. The second-order valence-electron chi connectivity index (χ2n) is 4.55. The van der Waals surface area contributed by atoms with Gasteiger partial charge in [0.1, 0.15) is 5.82 Å². The Hall–Kier alpha value is -1.17. The van der Waals surface area contributed by atoms with E-state index in [-0.39, 0.29) is 17.1 Å². The third-order valence-corrected chi connectivity index (χ3v) is 2.95. The van der Waals surface area contributed by atoms with Crippen molar-refractivity contribution in [2.24, 2.45) is 0 Å². The standard InChI is InChI=1S/C13H17ClFNO3/c1-13(18,5-6-19-2)8-16-12(17)9-3-4-11(15)10(14)7-9/h3-4,7,18H,5-6,8H2,1-2H3,(H,16,17). The van der Waals surface area contributed by atoms with Gasteiger partial charge in [-0.25, -0.2) is 4.39 Å². The number of nitrogens with one attached hydrogen (secondary N) is 1. The quantitative estimate of drug-likeness (QED) is 0.842. The SMILES string of the molecule is COCCC(C)(O)CNC(=O)c1ccc(F)c(Cl)c1. The molecule has 0 spiro atoms. The molecular formula is C13H17ClFNO3. The van der Waals surface area contributed by atoms with Gasteiger partial charge in [0.05, 0.1) is 10.6 Å². The smallest absolute Gasteiger partial charge is 0.251 e. The third kappa shape index (κ3) is 5.14. The second-order valence-corrected chi connectivity index (χ2v) is 4.96. The first kappa shape index (κ1) is 15.9. The number of halogens is 2. The molecule has 0 heterocycles. The molecule has 0 aliphatic rings. The first-order chi connectivity index (χ1) is 8.85. The number of ether oxygens (including phenoxy) is 1. The number of hydrogen-bond acceptors (Lipinski definition) is 3. The van der Waals surface area contributed by atoms with Crippen LogP contribution in [0.2, 0.25) is 5.02 Å². The van der Waals surface area contributed by atoms with Crippen LogP contribution in [0, 0.1) is 5.82 Å². The van der Waals surface area contributed by atoms with E-state index < -0.39 is 17.3 Å². The summed E-state index contributed by atoms with van der Waals surface area (Å²) in [4.78, 5) is 11.8. The molecule has 1 amide bonds. The highest BCUT2D eigenvalue weighted by Crippen LogP contribution is 2.16. The minimum absolute atomic E-state index is 0.0736. The van der Waals surface area contributed by atoms with Crippen LogP contribution in [0.5, 0.6) is 0 Å². The predicted molar refractivity (Wildman–Crippen MR) is 70.9 cm³/mol. The zero-order chi connectivity index (χ0) is 14.5. The monoisotopic (exact) mass is 289 g/mol. The zero-order valence-electron chi connectivity index (χ0n) is 10.9. The van der Waals surface area contributed by atoms with Gasteiger partial charge in [-0.1, -0.05) is 11.6 Å². The zero-order valence-corrected chi connectivity index (χ0v) is 11.6. The molecule has 0 fully saturated rings. The van der Waals surface area contributed by atoms with Crippen molar-refractivity contribution in [1.29, 1.82) is 0 Å². The summed E-state index contributed by atoms with van der Waals surface area (Å²) in [5, 5.41) is 12.4. The van der Waals surface area contributed by atoms with Crippen LogP contribution in [0.15, 0.2) is 18.2 Å². The summed E-state index contributed by atoms with van der Waals surface area (Å²) in [6.07, 6.45) is 0.397. The second kappa shape index (κ2) is 6.84. The van der Waals surface area contributed by atoms with Crippen molar-refractivity contribution in [2.75, 3.05) is 20.3 Å². The lowest BCUT2D eigenvalue weighted by Crippen LogP contribution is -2.41. The van der Waals surface area contributed by atoms with Crippen LogP contribution in [0.4, 0.5) is 4.39 Å². The lowest BCUT2D eigenvalue weighted by molar-refractivity contribution is 0.0243. The molecule has 4 nitrogen and oxygen atoms in total. The maximum absolute atomic E-state index is 13.0. The van der Waals surface area contributed by atoms with Gasteiger partial charge in [-0.15, -0.1) is 0 Å². The van der Waals surface area contributed by atoms with E-state index in [1.54, 1.807) is 6.92 Å². The number of hydrogen-bond donors (Lipinski definition) is 2. The molecule has 0 saturated carbocycles. The van der Waals surface area contributed by atoms with Crippen molar-refractivity contribution in [2.45, 2.75) is 18.9 Å². The van der Waals surface area contributed by atoms with Crippen LogP contribution in [-0.2, 0) is 4.74 Å². The highest BCUT2D eigenvalue weighted by Gasteiger charge is 2.21. The number of carbonyl (C=O) groups is 1. The number of benzene rings is 1. The molecule has 0 bridgehead atoms. The van der Waals surface area contributed by atoms with Crippen LogP contribution in [0.1, 0.15) is 23.7 Å². The summed E-state index contributed by atoms with van der Waals surface area (Å²) in [6.45, 7) is 2.07. The van der Waals surface area contributed by atoms with E-state index in [2.05, 4.69) is 5.32 Å². The normalized spacial score (nSPS) is 13.9. The molecule has 1 unspecified atom stereocenters. The van der Waals surface area contributed by atoms with E-state index in [9.17, 15) is 14.3 Å². The number of aliphatic hydroxyl groups is 1. The Morgan fingerprint density at radius 2 is 2.26 bits per heavy atom. The van der Waals surface area contributed by atoms with Gasteiger partial charge in [0.2, 0.25) is 0 Å². The number of carbonyl (C=O) groups excluding carboxylic acids is 1. The van der Waals surface area contributed by atoms with E-state index in [1.807, 2.05) is 0 Å². The average Bonchev–Trinajstić information content (AvgIpc) is 2.37. The molecule has 1 rings (SSSR count). The van der Waals surface area contributed by atoms with Crippen molar-refractivity contribution in [1.82, 2.24) is 5.32 Å². The Labute approximate surface area is 116 Å². The van der Waals surface area contributed by atoms with Crippen molar-refractivity contribution >= 4 is 17.5 Å². The van der Waals surface area contributed by atoms with Crippen molar-refractivity contribution in [3.05, 3.63) is 34.6 Å². The van der Waals surface area contributed by atoms with Gasteiger partial charge >= 0.3 is 0 Å². The van der Waals surface area contributed by atoms with E-state index in [0.717, 1.165) is 6.07 Å². The molecule has 0 aromatic heterocycles. The molecule has 0 aliphatic carbocycles. The van der Waals surface area contributed by atoms with Gasteiger partial charge < -0.3 is 15.2 Å². The maximum atomic E-state index is 13.0. The maximum Gasteiger partial charge on any atom is 0.251 e. The van der Waals surface area contributed by atoms with Gasteiger partial charge in [-0.2, -0.15) is 0 Å². The first-order valence-corrected chi connectivity index (χ1v) is 6.18. The van der Waals surface area contributed by atoms with E-state index >= 15 is 0 Å². The molecule has 1 atom stereocenters. The number of amides is 1. The van der Waals surface area contributed by atoms with Crippen LogP contribution in [0.3, 0.4) is 0 Å². The lowest BCUT2D eigenvalue weighted by Gasteiger charge is -2.23. The molecule has 2 N–H and O–H groups in total. The first-order valence-electron chi connectivity index (χ1n) is 5.80. The Bertz CT molecular complexity index is 452. The fourth-order valence-electron chi connectivity index (χ4n) is 1.42. The van der Waals surface area contributed by atoms with Crippen LogP contribution < -0.4 is 5.32 Å². The largest absolute Gasteiger partial charge is 0.388 e. The molecule has 6 heteroatoms. The predicted octanol–water partition coefficient (Wildman–Crippen LogP) is 2.00. The van der Waals surface area contributed by atoms with Gasteiger partial charge in [0.15, 0.2) is 0 Å². The summed E-state index contributed by atoms with van der Waals surface area (Å²) in [5.41, 5.74) is -0.816. The van der Waals surface area contributed by atoms with Crippen molar-refractivity contribution < 1.29 is 19.0 Å². The fourth-order valence-corrected chi connectivity index (χ4v) is 1.60. The Balaban J connectivity index is 2.57. The number of methoxy groups -OCH3 is 1. The molecular weight excluding hydrogens is 273 g/mol. The van der Waals surface area contributed by atoms with Gasteiger partial charge in [0.25, 0.3) is 5.91 Å². The molecule has 0 radical (unpaired) electrons. The minimum Gasteiger partial charge on any atom is -0.388 e. The molecule has 0 saturated heterocycles. The molecule has 1 aromatic rings. The van der Waals surface area contributed by atoms with Crippen LogP contribution in [0.25, 0.3) is 0 Å². The van der Waals surface area contributed by atoms with E-state index in [0.29, 0.717) is 13.0 Å². The average molecular weight is 290 g/mol. The van der Waals surface area contributed by atoms with Gasteiger partial charge in [-0.3, -0.25) is 4.79 Å². The fraction of sp³-hybridized carbons (Fsp3) is 0.462. The summed E-state index contributed by atoms with van der Waals surface area (Å²) >= 11 is 5.60. The molecule has 106 valence electrons. The topological polar surface area (TPSA) is 58.6 Å². The Kier molecular flexibility index (Phi) is 5.72. The third-order valence-electron chi connectivity index (χ3n) is 2.66. The minimum atomic E-state index is -1.06. The summed E-state index contributed by atoms with van der Waals surface area (Å²) in [6, 6.07) is 3.71. The molecule has 1 aromatic carbocycles. The van der Waals surface area contributed by atoms with E-state index in [1.165, 1.54) is 19.2 Å². The van der Waals surface area contributed by atoms with Gasteiger partial charge in [-0.05, 0) is 25.1 Å². The van der Waals surface area contributed by atoms with Gasteiger partial charge in [0, 0.05) is 32.2 Å². The van der Waals surface area contributed by atoms with Crippen molar-refractivity contribution in [3.63, 3.8) is 0 Å². The highest BCUT2D eigenvalue weighted by molar-refractivity contribution is 6.31. The van der Waals surface area contributed by atoms with Crippen LogP contribution in [-0.4, -0.2) is 36.9 Å². The van der Waals surface area contributed by atoms with E-state index in [4.69, 9.17) is 16.3 Å². The summed E-state index contributed by atoms with van der Waals surface area (Å²) < 4.78 is 17.8. The Morgan fingerprint density at radius 1 is 1.58 bits per heavy atom. The summed E-state index contributed by atoms with van der Waals surface area (Å²) in [5.74, 6) is -0.995. The van der Waals surface area contributed by atoms with Crippen LogP contribution >= 0.6 is 11.6 Å². The molecule has 0 aliphatic heterocycles. The lowest BCUT2D eigenvalue weighted by atomic mass is 10.0. The van der Waals surface area contributed by atoms with Crippen molar-refractivity contribution in [3.8, 4) is 0 Å². The number of rotatable bonds is 6. The highest BCUT2D eigenvalue weighted by atomic mass is 35.5. The summed E-state index contributed by atoms with van der Waals surface area (Å²) in [7, 11) is 1.54.